The van der Waals surface area contributed by atoms with E-state index in [0.29, 0.717) is 0 Å². The van der Waals surface area contributed by atoms with Crippen molar-refractivity contribution in [2.24, 2.45) is 0 Å². The quantitative estimate of drug-likeness (QED) is 0.415. The molecule has 0 heterocycles. The van der Waals surface area contributed by atoms with Gasteiger partial charge in [-0.05, 0) is 0 Å². The average Bonchev–Trinajstić information content (AvgIpc) is 2.69. The molecule has 0 bridgehead atoms. The van der Waals surface area contributed by atoms with E-state index in [9.17, 15) is 0 Å². The van der Waals surface area contributed by atoms with Crippen molar-refractivity contribution in [2.45, 2.75) is 32.5 Å². The molecule has 0 N–H and O–H groups in total. The fourth-order valence-corrected chi connectivity index (χ4v) is 2.53. The summed E-state index contributed by atoms with van der Waals surface area (Å²) in [4.78, 5) is 0. The Bertz CT molecular complexity index is 452. The van der Waals surface area contributed by atoms with Gasteiger partial charge in [0.05, 0.1) is 0 Å². The van der Waals surface area contributed by atoms with Crippen LogP contribution < -0.4 is 24.8 Å². The normalized spacial score (nSPS) is 25.3. The van der Waals surface area contributed by atoms with Gasteiger partial charge in [-0.2, -0.15) is 0 Å². The van der Waals surface area contributed by atoms with Crippen LogP contribution in [0.1, 0.15) is 26.7 Å². The summed E-state index contributed by atoms with van der Waals surface area (Å²) < 4.78 is 13.0. The summed E-state index contributed by atoms with van der Waals surface area (Å²) in [6.45, 7) is 4.16. The zero-order valence-corrected chi connectivity index (χ0v) is 14.4. The van der Waals surface area contributed by atoms with Crippen molar-refractivity contribution in [1.82, 2.24) is 0 Å². The van der Waals surface area contributed by atoms with Crippen LogP contribution in [0.25, 0.3) is 0 Å². The Morgan fingerprint density at radius 3 is 2.42 bits per heavy atom. The Morgan fingerprint density at radius 2 is 1.95 bits per heavy atom. The van der Waals surface area contributed by atoms with E-state index in [2.05, 4.69) is 52.5 Å². The summed E-state index contributed by atoms with van der Waals surface area (Å²) >= 11 is 2.10. The molecule has 0 saturated carbocycles. The van der Waals surface area contributed by atoms with Gasteiger partial charge in [-0.1, -0.05) is 0 Å². The van der Waals surface area contributed by atoms with Crippen LogP contribution >= 0.6 is 0 Å². The number of halogens is 2. The minimum atomic E-state index is -0.620. The Hall–Kier alpha value is 0.0143. The topological polar surface area (TPSA) is 18.5 Å². The van der Waals surface area contributed by atoms with Crippen molar-refractivity contribution in [1.29, 1.82) is 0 Å². The molecule has 0 amide bonds. The molecule has 19 heavy (non-hydrogen) atoms. The van der Waals surface area contributed by atoms with Crippen LogP contribution in [0.3, 0.4) is 0 Å². The van der Waals surface area contributed by atoms with E-state index >= 15 is 0 Å². The van der Waals surface area contributed by atoms with E-state index in [1.807, 2.05) is 6.08 Å². The van der Waals surface area contributed by atoms with E-state index in [0.717, 1.165) is 24.2 Å². The Kier molecular flexibility index (Phi) is 7.71. The van der Waals surface area contributed by atoms with E-state index in [1.54, 1.807) is 7.11 Å². The van der Waals surface area contributed by atoms with Gasteiger partial charge in [0.1, 0.15) is 0 Å². The van der Waals surface area contributed by atoms with Crippen molar-refractivity contribution in [3.05, 3.63) is 45.1 Å². The molecule has 0 aromatic heterocycles. The third-order valence-corrected chi connectivity index (χ3v) is 3.93. The number of hydrogen-bond acceptors (Lipinski definition) is 2. The number of rotatable bonds is 3. The molecular weight excluding hydrogens is 319 g/mol. The van der Waals surface area contributed by atoms with Gasteiger partial charge in [-0.25, -0.2) is 0 Å². The Labute approximate surface area is 139 Å². The van der Waals surface area contributed by atoms with Gasteiger partial charge in [-0.3, -0.25) is 0 Å². The third-order valence-electron chi connectivity index (χ3n) is 3.23. The molecule has 0 aliphatic heterocycles. The monoisotopic (exact) mass is 335 g/mol. The van der Waals surface area contributed by atoms with Gasteiger partial charge in [-0.15, -0.1) is 0 Å². The van der Waals surface area contributed by atoms with Crippen molar-refractivity contribution < 1.29 is 54.7 Å². The van der Waals surface area contributed by atoms with E-state index < -0.39 is 5.79 Å². The van der Waals surface area contributed by atoms with Gasteiger partial charge in [0.15, 0.2) is 0 Å². The second-order valence-corrected chi connectivity index (χ2v) is 5.43. The van der Waals surface area contributed by atoms with E-state index in [-0.39, 0.29) is 24.8 Å². The van der Waals surface area contributed by atoms with Crippen LogP contribution in [0.15, 0.2) is 45.1 Å². The molecule has 103 valence electrons. The van der Waals surface area contributed by atoms with Crippen LogP contribution in [0.4, 0.5) is 0 Å². The molecule has 1 atom stereocenters. The van der Waals surface area contributed by atoms with Gasteiger partial charge >= 0.3 is 115 Å². The zero-order valence-electron chi connectivity index (χ0n) is 11.3. The van der Waals surface area contributed by atoms with Crippen LogP contribution in [0.5, 0.6) is 0 Å². The van der Waals surface area contributed by atoms with Crippen molar-refractivity contribution in [3.8, 4) is 0 Å². The predicted octanol–water partition coefficient (Wildman–Crippen LogP) is -2.63. The molecule has 0 spiro atoms. The van der Waals surface area contributed by atoms with Gasteiger partial charge in [0.2, 0.25) is 0 Å². The molecule has 2 aliphatic rings. The van der Waals surface area contributed by atoms with E-state index in [1.165, 1.54) is 9.45 Å². The average molecular weight is 336 g/mol. The zero-order chi connectivity index (χ0) is 12.5. The fourth-order valence-electron chi connectivity index (χ4n) is 2.13. The molecule has 0 aromatic carbocycles. The molecule has 1 unspecified atom stereocenters. The molecule has 0 fully saturated rings. The summed E-state index contributed by atoms with van der Waals surface area (Å²) in [5.74, 6) is 0.331. The number of allylic oxidation sites excluding steroid dienone is 5. The minimum absolute atomic E-state index is 0. The SMILES string of the molecule is COC1(OC2=[C]([Ti+2])CC=C2)CC=C(C)C=C1C.[Cl-].[Cl-]. The smallest absolute Gasteiger partial charge is 1.00 e. The maximum absolute atomic E-state index is 6.12. The molecule has 5 heteroatoms. The number of hydrogen-bond donors (Lipinski definition) is 0. The fraction of sp³-hybridized carbons (Fsp3) is 0.429. The van der Waals surface area contributed by atoms with Gasteiger partial charge in [0, 0.05) is 0 Å². The molecule has 0 radical (unpaired) electrons. The molecule has 0 aromatic rings. The van der Waals surface area contributed by atoms with Crippen LogP contribution in [0, 0.1) is 0 Å². The Morgan fingerprint density at radius 1 is 1.26 bits per heavy atom. The summed E-state index contributed by atoms with van der Waals surface area (Å²) in [5, 5.41) is 0. The maximum Gasteiger partial charge on any atom is -1.00 e. The van der Waals surface area contributed by atoms with Crippen molar-refractivity contribution >= 4 is 0 Å². The first-order valence-corrected chi connectivity index (χ1v) is 6.56. The van der Waals surface area contributed by atoms with Crippen molar-refractivity contribution in [3.63, 3.8) is 0 Å². The van der Waals surface area contributed by atoms with Crippen LogP contribution in [0.2, 0.25) is 0 Å². The maximum atomic E-state index is 6.12. The second kappa shape index (κ2) is 7.71. The van der Waals surface area contributed by atoms with Crippen LogP contribution in [-0.4, -0.2) is 12.9 Å². The summed E-state index contributed by atoms with van der Waals surface area (Å²) in [6.07, 6.45) is 10.2. The van der Waals surface area contributed by atoms with Crippen LogP contribution in [-0.2, 0) is 29.9 Å². The predicted molar refractivity (Wildman–Crippen MR) is 63.7 cm³/mol. The minimum Gasteiger partial charge on any atom is -1.00 e. The number of methoxy groups -OCH3 is 1. The summed E-state index contributed by atoms with van der Waals surface area (Å²) in [5.41, 5.74) is 2.40. The molecule has 2 nitrogen and oxygen atoms in total. The second-order valence-electron chi connectivity index (χ2n) is 4.49. The van der Waals surface area contributed by atoms with Crippen molar-refractivity contribution in [2.75, 3.05) is 7.11 Å². The first-order valence-electron chi connectivity index (χ1n) is 5.78. The van der Waals surface area contributed by atoms with E-state index in [4.69, 9.17) is 9.47 Å². The van der Waals surface area contributed by atoms with Gasteiger partial charge in [0.25, 0.3) is 0 Å². The molecule has 2 rings (SSSR count). The number of ether oxygens (including phenoxy) is 2. The largest absolute Gasteiger partial charge is 1.00 e. The van der Waals surface area contributed by atoms with Gasteiger partial charge < -0.3 is 24.8 Å². The molecule has 2 aliphatic carbocycles. The summed E-state index contributed by atoms with van der Waals surface area (Å²) in [7, 11) is 1.71. The summed E-state index contributed by atoms with van der Waals surface area (Å²) in [6, 6.07) is 0. The standard InChI is InChI=1S/C14H17O2.2ClH.Ti/c1-11-8-9-14(15-3,12(2)10-11)16-13-6-4-5-7-13;;;/h4,6,8,10H,5,9H2,1-3H3;2*1H;/q;;;+2/p-2. The first kappa shape index (κ1) is 19.0. The Balaban J connectivity index is 0.00000162. The first-order chi connectivity index (χ1) is 8.07. The molecule has 0 saturated heterocycles. The molecular formula is C14H17Cl2O2Ti. The third kappa shape index (κ3) is 3.99.